The average Bonchev–Trinajstić information content (AvgIpc) is 3.11. The molecule has 2 aromatic rings. The lowest BCUT2D eigenvalue weighted by molar-refractivity contribution is -0.145. The molecule has 6 heteroatoms. The maximum atomic E-state index is 13.4. The van der Waals surface area contributed by atoms with E-state index in [9.17, 15) is 14.7 Å². The number of pyridine rings is 1. The topological polar surface area (TPSA) is 84.2 Å². The summed E-state index contributed by atoms with van der Waals surface area (Å²) in [6.45, 7) is 18.5. The summed E-state index contributed by atoms with van der Waals surface area (Å²) in [4.78, 5) is 29.7. The summed E-state index contributed by atoms with van der Waals surface area (Å²) in [5.74, 6) is 0.164. The predicted molar refractivity (Wildman–Crippen MR) is 153 cm³/mol. The molecule has 1 amide bonds. The van der Waals surface area contributed by atoms with Gasteiger partial charge in [0, 0.05) is 51.8 Å². The molecule has 2 heterocycles. The fourth-order valence-electron chi connectivity index (χ4n) is 5.77. The van der Waals surface area contributed by atoms with E-state index in [0.29, 0.717) is 24.3 Å². The largest absolute Gasteiger partial charge is 0.481 e. The van der Waals surface area contributed by atoms with Crippen LogP contribution in [0.2, 0.25) is 0 Å². The van der Waals surface area contributed by atoms with Crippen molar-refractivity contribution in [3.05, 3.63) is 40.8 Å². The smallest absolute Gasteiger partial charge is 0.306 e. The third-order valence-electron chi connectivity index (χ3n) is 8.67. The van der Waals surface area contributed by atoms with Crippen LogP contribution in [-0.4, -0.2) is 32.6 Å². The Bertz CT molecular complexity index is 1150. The maximum Gasteiger partial charge on any atom is 0.306 e. The highest BCUT2D eigenvalue weighted by atomic mass is 16.4. The Morgan fingerprint density at radius 2 is 1.53 bits per heavy atom. The van der Waals surface area contributed by atoms with Gasteiger partial charge in [-0.1, -0.05) is 61.3 Å². The Morgan fingerprint density at radius 1 is 0.974 bits per heavy atom. The van der Waals surface area contributed by atoms with Crippen LogP contribution < -0.4 is 5.32 Å². The number of aliphatic carboxylic acids is 1. The van der Waals surface area contributed by atoms with E-state index in [1.165, 1.54) is 25.7 Å². The predicted octanol–water partition coefficient (Wildman–Crippen LogP) is 6.87. The van der Waals surface area contributed by atoms with E-state index in [2.05, 4.69) is 83.5 Å². The van der Waals surface area contributed by atoms with Crippen LogP contribution in [0, 0.1) is 24.7 Å². The van der Waals surface area contributed by atoms with Gasteiger partial charge in [0.25, 0.3) is 5.91 Å². The Labute approximate surface area is 228 Å². The van der Waals surface area contributed by atoms with Gasteiger partial charge in [0.15, 0.2) is 0 Å². The number of nitrogens with one attached hydrogen (secondary N) is 1. The number of nitrogens with zero attached hydrogens (tertiary/aromatic N) is 2. The van der Waals surface area contributed by atoms with Crippen molar-refractivity contribution >= 4 is 11.9 Å². The minimum Gasteiger partial charge on any atom is -0.481 e. The normalized spacial score (nSPS) is 24.1. The number of rotatable bonds is 6. The Kier molecular flexibility index (Phi) is 7.84. The number of aromatic nitrogens is 2. The molecule has 0 spiro atoms. The van der Waals surface area contributed by atoms with Gasteiger partial charge in [-0.25, -0.2) is 0 Å². The van der Waals surface area contributed by atoms with E-state index in [4.69, 9.17) is 4.98 Å². The molecule has 4 rings (SSSR count). The van der Waals surface area contributed by atoms with Crippen LogP contribution in [0.25, 0.3) is 11.3 Å². The second-order valence-corrected chi connectivity index (χ2v) is 14.1. The Morgan fingerprint density at radius 3 is 2.03 bits per heavy atom. The molecule has 0 radical (unpaired) electrons. The van der Waals surface area contributed by atoms with Crippen molar-refractivity contribution in [3.8, 4) is 11.3 Å². The zero-order chi connectivity index (χ0) is 28.0. The highest BCUT2D eigenvalue weighted by Crippen LogP contribution is 2.36. The van der Waals surface area contributed by atoms with Gasteiger partial charge < -0.3 is 15.0 Å². The second-order valence-electron chi connectivity index (χ2n) is 14.1. The van der Waals surface area contributed by atoms with E-state index < -0.39 is 5.97 Å². The van der Waals surface area contributed by atoms with Gasteiger partial charge in [-0.2, -0.15) is 0 Å². The number of hydrogen-bond donors (Lipinski definition) is 2. The van der Waals surface area contributed by atoms with E-state index >= 15 is 0 Å². The summed E-state index contributed by atoms with van der Waals surface area (Å²) in [6, 6.07) is 6.39. The minimum absolute atomic E-state index is 0.0736. The van der Waals surface area contributed by atoms with Gasteiger partial charge in [0.2, 0.25) is 0 Å². The maximum absolute atomic E-state index is 13.4. The van der Waals surface area contributed by atoms with Crippen LogP contribution in [0.3, 0.4) is 0 Å². The first-order valence-electron chi connectivity index (χ1n) is 14.4. The molecule has 2 aliphatic carbocycles. The molecule has 0 bridgehead atoms. The van der Waals surface area contributed by atoms with Crippen LogP contribution in [0.1, 0.15) is 114 Å². The van der Waals surface area contributed by atoms with Crippen LogP contribution in [-0.2, 0) is 22.2 Å². The van der Waals surface area contributed by atoms with Gasteiger partial charge in [-0.15, -0.1) is 0 Å². The number of carbonyl (C=O) groups excluding carboxylic acids is 1. The first-order valence-corrected chi connectivity index (χ1v) is 14.4. The van der Waals surface area contributed by atoms with Crippen molar-refractivity contribution < 1.29 is 14.7 Å². The number of carboxylic acids is 1. The molecule has 2 aliphatic rings. The van der Waals surface area contributed by atoms with E-state index in [0.717, 1.165) is 40.8 Å². The van der Waals surface area contributed by atoms with E-state index in [1.54, 1.807) is 0 Å². The number of carbonyl (C=O) groups is 2. The van der Waals surface area contributed by atoms with Gasteiger partial charge >= 0.3 is 5.97 Å². The average molecular weight is 522 g/mol. The molecule has 0 aliphatic heterocycles. The van der Waals surface area contributed by atoms with Crippen molar-refractivity contribution in [3.63, 3.8) is 0 Å². The van der Waals surface area contributed by atoms with Crippen molar-refractivity contribution in [2.45, 2.75) is 117 Å². The molecule has 2 aromatic heterocycles. The standard InChI is InChI=1S/C32H47N3O3/c1-19-9-11-21(12-10-19)18-35-20(2)25(29(36)33-24-13-23(14-24)30(37)38)17-26(35)22-15-27(31(3,4)5)34-28(16-22)32(6,7)8/h15-17,19,21,23-24H,9-14,18H2,1-8H3,(H,33,36)(H,37,38). The summed E-state index contributed by atoms with van der Waals surface area (Å²) in [7, 11) is 0. The molecule has 0 aromatic carbocycles. The van der Waals surface area contributed by atoms with Crippen LogP contribution >= 0.6 is 0 Å². The molecular weight excluding hydrogens is 474 g/mol. The molecule has 2 fully saturated rings. The molecule has 38 heavy (non-hydrogen) atoms. The lowest BCUT2D eigenvalue weighted by Crippen LogP contribution is -2.46. The number of hydrogen-bond acceptors (Lipinski definition) is 3. The molecule has 6 nitrogen and oxygen atoms in total. The minimum atomic E-state index is -0.774. The van der Waals surface area contributed by atoms with Crippen LogP contribution in [0.15, 0.2) is 18.2 Å². The molecule has 2 N–H and O–H groups in total. The summed E-state index contributed by atoms with van der Waals surface area (Å²) >= 11 is 0. The molecule has 0 saturated heterocycles. The highest BCUT2D eigenvalue weighted by Gasteiger charge is 2.36. The van der Waals surface area contributed by atoms with Gasteiger partial charge in [-0.3, -0.25) is 14.6 Å². The zero-order valence-corrected chi connectivity index (χ0v) is 24.6. The molecule has 0 unspecified atom stereocenters. The van der Waals surface area contributed by atoms with Crippen molar-refractivity contribution in [2.75, 3.05) is 0 Å². The van der Waals surface area contributed by atoms with Crippen LogP contribution in [0.5, 0.6) is 0 Å². The molecule has 0 atom stereocenters. The van der Waals surface area contributed by atoms with Crippen molar-refractivity contribution in [1.82, 2.24) is 14.9 Å². The summed E-state index contributed by atoms with van der Waals surface area (Å²) in [5.41, 5.74) is 5.75. The highest BCUT2D eigenvalue weighted by molar-refractivity contribution is 5.97. The fourth-order valence-corrected chi connectivity index (χ4v) is 5.77. The zero-order valence-electron chi connectivity index (χ0n) is 24.6. The first kappa shape index (κ1) is 28.4. The number of carboxylic acid groups (broad SMARTS) is 1. The summed E-state index contributed by atoms with van der Waals surface area (Å²) < 4.78 is 2.37. The Balaban J connectivity index is 1.74. The lowest BCUT2D eigenvalue weighted by Gasteiger charge is -2.32. The Hall–Kier alpha value is -2.63. The lowest BCUT2D eigenvalue weighted by atomic mass is 9.80. The second kappa shape index (κ2) is 10.5. The quantitative estimate of drug-likeness (QED) is 0.434. The molecule has 208 valence electrons. The van der Waals surface area contributed by atoms with E-state index in [1.807, 2.05) is 0 Å². The number of amides is 1. The van der Waals surface area contributed by atoms with E-state index in [-0.39, 0.29) is 28.7 Å². The summed E-state index contributed by atoms with van der Waals surface area (Å²) in [6.07, 6.45) is 5.96. The van der Waals surface area contributed by atoms with Gasteiger partial charge in [0.1, 0.15) is 0 Å². The van der Waals surface area contributed by atoms with Crippen LogP contribution in [0.4, 0.5) is 0 Å². The first-order chi connectivity index (χ1) is 17.6. The van der Waals surface area contributed by atoms with Gasteiger partial charge in [-0.05, 0) is 62.6 Å². The van der Waals surface area contributed by atoms with Crippen molar-refractivity contribution in [1.29, 1.82) is 0 Å². The SMILES string of the molecule is Cc1c(C(=O)NC2CC(C(=O)O)C2)cc(-c2cc(C(C)(C)C)nc(C(C)(C)C)c2)n1CC1CCC(C)CC1. The molecular formula is C32H47N3O3. The molecule has 2 saturated carbocycles. The summed E-state index contributed by atoms with van der Waals surface area (Å²) in [5, 5.41) is 12.3. The van der Waals surface area contributed by atoms with Gasteiger partial charge in [0.05, 0.1) is 11.5 Å². The van der Waals surface area contributed by atoms with Crippen molar-refractivity contribution in [2.24, 2.45) is 17.8 Å². The monoisotopic (exact) mass is 521 g/mol. The third-order valence-corrected chi connectivity index (χ3v) is 8.67. The fraction of sp³-hybridized carbons (Fsp3) is 0.656. The third kappa shape index (κ3) is 6.16.